The zero-order valence-corrected chi connectivity index (χ0v) is 9.69. The van der Waals surface area contributed by atoms with Crippen molar-refractivity contribution in [2.75, 3.05) is 0 Å². The number of rotatable bonds is 2. The molecule has 0 amide bonds. The average molecular weight is 228 g/mol. The van der Waals surface area contributed by atoms with E-state index in [0.717, 1.165) is 10.8 Å². The van der Waals surface area contributed by atoms with Crippen molar-refractivity contribution in [2.45, 2.75) is 13.8 Å². The number of fused-ring (bicyclic) bond motifs is 1. The molecule has 17 heavy (non-hydrogen) atoms. The van der Waals surface area contributed by atoms with Crippen molar-refractivity contribution in [3.8, 4) is 5.75 Å². The zero-order chi connectivity index (χ0) is 12.4. The summed E-state index contributed by atoms with van der Waals surface area (Å²) in [6.07, 6.45) is 0. The largest absolute Gasteiger partial charge is 0.426 e. The molecule has 0 spiro atoms. The number of benzene rings is 2. The Kier molecular flexibility index (Phi) is 2.91. The SMILES string of the molecule is CC(=O)Oc1ccc2ccccc2c1C(C)=O. The van der Waals surface area contributed by atoms with E-state index in [0.29, 0.717) is 11.3 Å². The Morgan fingerprint density at radius 2 is 1.71 bits per heavy atom. The van der Waals surface area contributed by atoms with Crippen LogP contribution >= 0.6 is 0 Å². The van der Waals surface area contributed by atoms with E-state index in [1.54, 1.807) is 6.07 Å². The maximum Gasteiger partial charge on any atom is 0.308 e. The van der Waals surface area contributed by atoms with Crippen LogP contribution in [0.15, 0.2) is 36.4 Å². The van der Waals surface area contributed by atoms with E-state index in [1.807, 2.05) is 30.3 Å². The van der Waals surface area contributed by atoms with Gasteiger partial charge in [-0.15, -0.1) is 0 Å². The molecule has 0 aliphatic carbocycles. The van der Waals surface area contributed by atoms with Gasteiger partial charge in [0.1, 0.15) is 5.75 Å². The molecule has 0 bridgehead atoms. The summed E-state index contributed by atoms with van der Waals surface area (Å²) in [5.41, 5.74) is 0.457. The molecule has 0 saturated carbocycles. The first-order valence-electron chi connectivity index (χ1n) is 5.30. The van der Waals surface area contributed by atoms with E-state index in [9.17, 15) is 9.59 Å². The summed E-state index contributed by atoms with van der Waals surface area (Å²) in [7, 11) is 0. The molecule has 3 heteroatoms. The molecule has 0 aliphatic heterocycles. The Morgan fingerprint density at radius 1 is 1.00 bits per heavy atom. The summed E-state index contributed by atoms with van der Waals surface area (Å²) in [6.45, 7) is 2.79. The fourth-order valence-electron chi connectivity index (χ4n) is 1.85. The van der Waals surface area contributed by atoms with Gasteiger partial charge in [0.25, 0.3) is 0 Å². The minimum atomic E-state index is -0.428. The molecule has 3 nitrogen and oxygen atoms in total. The van der Waals surface area contributed by atoms with Gasteiger partial charge >= 0.3 is 5.97 Å². The van der Waals surface area contributed by atoms with E-state index in [1.165, 1.54) is 13.8 Å². The lowest BCUT2D eigenvalue weighted by atomic mass is 10.0. The molecule has 0 saturated heterocycles. The van der Waals surface area contributed by atoms with Crippen molar-refractivity contribution in [3.63, 3.8) is 0 Å². The number of carbonyl (C=O) groups excluding carboxylic acids is 2. The fourth-order valence-corrected chi connectivity index (χ4v) is 1.85. The second kappa shape index (κ2) is 4.37. The van der Waals surface area contributed by atoms with Crippen molar-refractivity contribution in [1.82, 2.24) is 0 Å². The van der Waals surface area contributed by atoms with Gasteiger partial charge in [-0.2, -0.15) is 0 Å². The van der Waals surface area contributed by atoms with Gasteiger partial charge in [0.15, 0.2) is 5.78 Å². The quantitative estimate of drug-likeness (QED) is 0.451. The molecule has 0 fully saturated rings. The summed E-state index contributed by atoms with van der Waals surface area (Å²) in [5.74, 6) is -0.218. The van der Waals surface area contributed by atoms with Crippen molar-refractivity contribution in [3.05, 3.63) is 42.0 Å². The van der Waals surface area contributed by atoms with E-state index in [4.69, 9.17) is 4.74 Å². The van der Waals surface area contributed by atoms with Gasteiger partial charge in [0.05, 0.1) is 5.56 Å². The summed E-state index contributed by atoms with van der Waals surface area (Å²) in [4.78, 5) is 22.7. The molecule has 2 rings (SSSR count). The van der Waals surface area contributed by atoms with Gasteiger partial charge in [-0.1, -0.05) is 30.3 Å². The predicted molar refractivity (Wildman–Crippen MR) is 65.3 cm³/mol. The van der Waals surface area contributed by atoms with Gasteiger partial charge in [-0.05, 0) is 23.8 Å². The molecule has 0 unspecified atom stereocenters. The van der Waals surface area contributed by atoms with Crippen LogP contribution < -0.4 is 4.74 Å². The van der Waals surface area contributed by atoms with Gasteiger partial charge < -0.3 is 4.74 Å². The van der Waals surface area contributed by atoms with Crippen LogP contribution in [0, 0.1) is 0 Å². The number of Topliss-reactive ketones (excluding diaryl/α,β-unsaturated/α-hetero) is 1. The van der Waals surface area contributed by atoms with Crippen LogP contribution in [0.1, 0.15) is 24.2 Å². The number of esters is 1. The lowest BCUT2D eigenvalue weighted by Gasteiger charge is -2.09. The first-order valence-corrected chi connectivity index (χ1v) is 5.30. The fraction of sp³-hybridized carbons (Fsp3) is 0.143. The zero-order valence-electron chi connectivity index (χ0n) is 9.69. The van der Waals surface area contributed by atoms with Crippen LogP contribution in [0.2, 0.25) is 0 Å². The summed E-state index contributed by atoms with van der Waals surface area (Å²) in [5, 5.41) is 1.76. The minimum Gasteiger partial charge on any atom is -0.426 e. The van der Waals surface area contributed by atoms with Crippen molar-refractivity contribution in [2.24, 2.45) is 0 Å². The number of carbonyl (C=O) groups is 2. The van der Waals surface area contributed by atoms with E-state index in [2.05, 4.69) is 0 Å². The van der Waals surface area contributed by atoms with Gasteiger partial charge in [0, 0.05) is 6.92 Å². The van der Waals surface area contributed by atoms with Crippen molar-refractivity contribution in [1.29, 1.82) is 0 Å². The number of hydrogen-bond acceptors (Lipinski definition) is 3. The van der Waals surface area contributed by atoms with Crippen LogP contribution in [0.25, 0.3) is 10.8 Å². The summed E-state index contributed by atoms with van der Waals surface area (Å²) >= 11 is 0. The molecular weight excluding hydrogens is 216 g/mol. The maximum atomic E-state index is 11.7. The summed E-state index contributed by atoms with van der Waals surface area (Å²) in [6, 6.07) is 11.0. The topological polar surface area (TPSA) is 43.4 Å². The molecule has 2 aromatic rings. The maximum absolute atomic E-state index is 11.7. The highest BCUT2D eigenvalue weighted by Crippen LogP contribution is 2.28. The van der Waals surface area contributed by atoms with Crippen LogP contribution in [-0.4, -0.2) is 11.8 Å². The second-order valence-electron chi connectivity index (χ2n) is 3.81. The molecule has 0 heterocycles. The first-order chi connectivity index (χ1) is 8.09. The van der Waals surface area contributed by atoms with Gasteiger partial charge in [-0.25, -0.2) is 0 Å². The Morgan fingerprint density at radius 3 is 2.35 bits per heavy atom. The highest BCUT2D eigenvalue weighted by molar-refractivity contribution is 6.09. The lowest BCUT2D eigenvalue weighted by molar-refractivity contribution is -0.131. The first kappa shape index (κ1) is 11.3. The molecular formula is C14H12O3. The van der Waals surface area contributed by atoms with E-state index in [-0.39, 0.29) is 5.78 Å². The molecule has 0 N–H and O–H groups in total. The van der Waals surface area contributed by atoms with E-state index < -0.39 is 5.97 Å². The standard InChI is InChI=1S/C14H12O3/c1-9(15)14-12-6-4-3-5-11(12)7-8-13(14)17-10(2)16/h3-8H,1-2H3. The third kappa shape index (κ3) is 2.18. The normalized spacial score (nSPS) is 10.2. The van der Waals surface area contributed by atoms with Crippen LogP contribution in [-0.2, 0) is 4.79 Å². The average Bonchev–Trinajstić information content (AvgIpc) is 2.27. The van der Waals surface area contributed by atoms with Crippen molar-refractivity contribution >= 4 is 22.5 Å². The second-order valence-corrected chi connectivity index (χ2v) is 3.81. The van der Waals surface area contributed by atoms with Gasteiger partial charge in [-0.3, -0.25) is 9.59 Å². The number of hydrogen-bond donors (Lipinski definition) is 0. The number of ketones is 1. The van der Waals surface area contributed by atoms with E-state index >= 15 is 0 Å². The number of ether oxygens (including phenoxy) is 1. The minimum absolute atomic E-state index is 0.113. The van der Waals surface area contributed by atoms with Crippen LogP contribution in [0.5, 0.6) is 5.75 Å². The Balaban J connectivity index is 2.72. The third-order valence-electron chi connectivity index (χ3n) is 2.50. The lowest BCUT2D eigenvalue weighted by Crippen LogP contribution is -2.06. The van der Waals surface area contributed by atoms with Crippen LogP contribution in [0.3, 0.4) is 0 Å². The molecule has 0 aromatic heterocycles. The van der Waals surface area contributed by atoms with Crippen molar-refractivity contribution < 1.29 is 14.3 Å². The van der Waals surface area contributed by atoms with Gasteiger partial charge in [0.2, 0.25) is 0 Å². The highest BCUT2D eigenvalue weighted by atomic mass is 16.5. The Labute approximate surface area is 99.0 Å². The monoisotopic (exact) mass is 228 g/mol. The molecule has 0 atom stereocenters. The molecule has 0 radical (unpaired) electrons. The predicted octanol–water partition coefficient (Wildman–Crippen LogP) is 2.97. The molecule has 2 aromatic carbocycles. The third-order valence-corrected chi connectivity index (χ3v) is 2.50. The highest BCUT2D eigenvalue weighted by Gasteiger charge is 2.14. The Hall–Kier alpha value is -2.16. The molecule has 0 aliphatic rings. The smallest absolute Gasteiger partial charge is 0.308 e. The molecule has 86 valence electrons. The Bertz CT molecular complexity index is 599. The van der Waals surface area contributed by atoms with Crippen LogP contribution in [0.4, 0.5) is 0 Å². The summed E-state index contributed by atoms with van der Waals surface area (Å²) < 4.78 is 5.06.